The van der Waals surface area contributed by atoms with Crippen molar-refractivity contribution in [2.45, 2.75) is 44.2 Å². The van der Waals surface area contributed by atoms with Gasteiger partial charge in [0.05, 0.1) is 0 Å². The molecule has 2 rings (SSSR count). The molecule has 0 aliphatic carbocycles. The second-order valence-electron chi connectivity index (χ2n) is 4.95. The largest absolute Gasteiger partial charge is 0.335 e. The third kappa shape index (κ3) is 4.64. The van der Waals surface area contributed by atoms with Crippen LogP contribution in [0.3, 0.4) is 0 Å². The van der Waals surface area contributed by atoms with E-state index < -0.39 is 0 Å². The van der Waals surface area contributed by atoms with Crippen molar-refractivity contribution in [3.63, 3.8) is 0 Å². The third-order valence-electron chi connectivity index (χ3n) is 3.25. The van der Waals surface area contributed by atoms with E-state index in [0.29, 0.717) is 10.8 Å². The van der Waals surface area contributed by atoms with E-state index in [1.54, 1.807) is 16.4 Å². The Balaban J connectivity index is 1.90. The minimum Gasteiger partial charge on any atom is -0.335 e. The molecule has 0 radical (unpaired) electrons. The molecule has 0 bridgehead atoms. The molecule has 0 unspecified atom stereocenters. The van der Waals surface area contributed by atoms with Crippen LogP contribution in [-0.4, -0.2) is 20.6 Å². The van der Waals surface area contributed by atoms with Crippen LogP contribution < -0.4 is 5.84 Å². The second kappa shape index (κ2) is 8.29. The standard InChI is InChI=1S/C15H21ClN4S/c1-2-3-4-5-6-11-21-15-19-18-14(20(15)17)12-7-9-13(16)10-8-12/h7-10H,2-6,11,17H2,1H3. The predicted molar refractivity (Wildman–Crippen MR) is 90.1 cm³/mol. The molecule has 0 fully saturated rings. The topological polar surface area (TPSA) is 56.7 Å². The molecule has 0 spiro atoms. The summed E-state index contributed by atoms with van der Waals surface area (Å²) in [5.41, 5.74) is 0.921. The van der Waals surface area contributed by atoms with Gasteiger partial charge in [-0.2, -0.15) is 0 Å². The van der Waals surface area contributed by atoms with Crippen LogP contribution in [0.25, 0.3) is 11.4 Å². The number of nitrogens with two attached hydrogens (primary N) is 1. The molecule has 6 heteroatoms. The van der Waals surface area contributed by atoms with Gasteiger partial charge in [-0.15, -0.1) is 10.2 Å². The fourth-order valence-electron chi connectivity index (χ4n) is 2.04. The van der Waals surface area contributed by atoms with Crippen molar-refractivity contribution in [2.24, 2.45) is 0 Å². The maximum absolute atomic E-state index is 6.07. The van der Waals surface area contributed by atoms with E-state index in [1.165, 1.54) is 32.1 Å². The molecule has 0 saturated carbocycles. The van der Waals surface area contributed by atoms with Gasteiger partial charge in [0, 0.05) is 16.3 Å². The number of hydrogen-bond donors (Lipinski definition) is 1. The number of nitrogens with zero attached hydrogens (tertiary/aromatic N) is 3. The van der Waals surface area contributed by atoms with E-state index in [1.807, 2.05) is 24.3 Å². The van der Waals surface area contributed by atoms with Crippen LogP contribution in [0.5, 0.6) is 0 Å². The normalized spacial score (nSPS) is 11.0. The lowest BCUT2D eigenvalue weighted by Crippen LogP contribution is -2.11. The van der Waals surface area contributed by atoms with Crippen LogP contribution in [0.2, 0.25) is 5.02 Å². The average Bonchev–Trinajstić information content (AvgIpc) is 2.85. The van der Waals surface area contributed by atoms with Gasteiger partial charge in [0.2, 0.25) is 5.16 Å². The first-order valence-electron chi connectivity index (χ1n) is 7.31. The second-order valence-corrected chi connectivity index (χ2v) is 6.44. The summed E-state index contributed by atoms with van der Waals surface area (Å²) in [5.74, 6) is 7.77. The highest BCUT2D eigenvalue weighted by Gasteiger charge is 2.11. The number of benzene rings is 1. The molecule has 0 aliphatic heterocycles. The average molecular weight is 325 g/mol. The van der Waals surface area contributed by atoms with Crippen molar-refractivity contribution in [1.29, 1.82) is 0 Å². The van der Waals surface area contributed by atoms with Crippen molar-refractivity contribution >= 4 is 23.4 Å². The van der Waals surface area contributed by atoms with Crippen molar-refractivity contribution in [2.75, 3.05) is 11.6 Å². The summed E-state index contributed by atoms with van der Waals surface area (Å²) in [5, 5.41) is 9.79. The van der Waals surface area contributed by atoms with Crippen molar-refractivity contribution in [3.8, 4) is 11.4 Å². The van der Waals surface area contributed by atoms with E-state index in [4.69, 9.17) is 17.4 Å². The zero-order valence-electron chi connectivity index (χ0n) is 12.3. The molecule has 1 aromatic heterocycles. The Morgan fingerprint density at radius 1 is 1.10 bits per heavy atom. The summed E-state index contributed by atoms with van der Waals surface area (Å²) < 4.78 is 1.56. The fourth-order valence-corrected chi connectivity index (χ4v) is 3.02. The molecular formula is C15H21ClN4S. The number of aromatic nitrogens is 3. The summed E-state index contributed by atoms with van der Waals surface area (Å²) in [7, 11) is 0. The monoisotopic (exact) mass is 324 g/mol. The number of thioether (sulfide) groups is 1. The minimum absolute atomic E-state index is 0.667. The molecule has 0 saturated heterocycles. The Hall–Kier alpha value is -1.20. The number of rotatable bonds is 8. The van der Waals surface area contributed by atoms with Gasteiger partial charge in [-0.25, -0.2) is 4.68 Å². The highest BCUT2D eigenvalue weighted by Crippen LogP contribution is 2.23. The van der Waals surface area contributed by atoms with E-state index in [9.17, 15) is 0 Å². The van der Waals surface area contributed by atoms with Gasteiger partial charge in [0.1, 0.15) is 0 Å². The van der Waals surface area contributed by atoms with Crippen molar-refractivity contribution < 1.29 is 0 Å². The Morgan fingerprint density at radius 3 is 2.52 bits per heavy atom. The number of halogens is 1. The maximum Gasteiger partial charge on any atom is 0.210 e. The molecule has 0 aliphatic rings. The number of nitrogen functional groups attached to an aromatic ring is 1. The van der Waals surface area contributed by atoms with E-state index >= 15 is 0 Å². The van der Waals surface area contributed by atoms with Gasteiger partial charge in [-0.1, -0.05) is 56.0 Å². The van der Waals surface area contributed by atoms with Gasteiger partial charge in [0.25, 0.3) is 0 Å². The van der Waals surface area contributed by atoms with Crippen LogP contribution >= 0.6 is 23.4 Å². The molecule has 1 heterocycles. The van der Waals surface area contributed by atoms with Crippen LogP contribution in [0.15, 0.2) is 29.4 Å². The summed E-state index contributed by atoms with van der Waals surface area (Å²) in [6.07, 6.45) is 6.35. The lowest BCUT2D eigenvalue weighted by molar-refractivity contribution is 0.659. The Morgan fingerprint density at radius 2 is 1.81 bits per heavy atom. The SMILES string of the molecule is CCCCCCCSc1nnc(-c2ccc(Cl)cc2)n1N. The quantitative estimate of drug-likeness (QED) is 0.445. The van der Waals surface area contributed by atoms with Crippen LogP contribution in [-0.2, 0) is 0 Å². The first-order valence-corrected chi connectivity index (χ1v) is 8.68. The summed E-state index contributed by atoms with van der Waals surface area (Å²) in [6, 6.07) is 7.45. The van der Waals surface area contributed by atoms with Gasteiger partial charge >= 0.3 is 0 Å². The van der Waals surface area contributed by atoms with Gasteiger partial charge in [0.15, 0.2) is 5.82 Å². The molecule has 0 atom stereocenters. The molecular weight excluding hydrogens is 304 g/mol. The number of unbranched alkanes of at least 4 members (excludes halogenated alkanes) is 4. The van der Waals surface area contributed by atoms with E-state index in [-0.39, 0.29) is 0 Å². The number of hydrogen-bond acceptors (Lipinski definition) is 4. The molecule has 114 valence electrons. The lowest BCUT2D eigenvalue weighted by Gasteiger charge is -2.04. The molecule has 1 aromatic carbocycles. The fraction of sp³-hybridized carbons (Fsp3) is 0.467. The van der Waals surface area contributed by atoms with Crippen LogP contribution in [0, 0.1) is 0 Å². The first-order chi connectivity index (χ1) is 10.2. The Labute approximate surface area is 135 Å². The van der Waals surface area contributed by atoms with Crippen molar-refractivity contribution in [3.05, 3.63) is 29.3 Å². The summed E-state index contributed by atoms with van der Waals surface area (Å²) >= 11 is 7.55. The molecule has 2 N–H and O–H groups in total. The molecule has 2 aromatic rings. The zero-order chi connectivity index (χ0) is 15.1. The zero-order valence-corrected chi connectivity index (χ0v) is 13.8. The van der Waals surface area contributed by atoms with E-state index in [0.717, 1.165) is 16.5 Å². The Bertz CT molecular complexity index is 553. The van der Waals surface area contributed by atoms with Gasteiger partial charge in [-0.3, -0.25) is 0 Å². The highest BCUT2D eigenvalue weighted by molar-refractivity contribution is 7.99. The molecule has 4 nitrogen and oxygen atoms in total. The smallest absolute Gasteiger partial charge is 0.210 e. The van der Waals surface area contributed by atoms with Crippen molar-refractivity contribution in [1.82, 2.24) is 14.9 Å². The predicted octanol–water partition coefficient (Wildman–Crippen LogP) is 4.37. The minimum atomic E-state index is 0.667. The molecule has 0 amide bonds. The first kappa shape index (κ1) is 16.2. The Kier molecular flexibility index (Phi) is 6.39. The summed E-state index contributed by atoms with van der Waals surface area (Å²) in [4.78, 5) is 0. The van der Waals surface area contributed by atoms with Gasteiger partial charge in [-0.05, 0) is 30.7 Å². The highest BCUT2D eigenvalue weighted by atomic mass is 35.5. The van der Waals surface area contributed by atoms with Crippen LogP contribution in [0.4, 0.5) is 0 Å². The molecule has 21 heavy (non-hydrogen) atoms. The lowest BCUT2D eigenvalue weighted by atomic mass is 10.2. The van der Waals surface area contributed by atoms with Gasteiger partial charge < -0.3 is 5.84 Å². The third-order valence-corrected chi connectivity index (χ3v) is 4.53. The van der Waals surface area contributed by atoms with E-state index in [2.05, 4.69) is 17.1 Å². The summed E-state index contributed by atoms with van der Waals surface area (Å²) in [6.45, 7) is 2.23. The van der Waals surface area contributed by atoms with Crippen LogP contribution in [0.1, 0.15) is 39.0 Å². The maximum atomic E-state index is 6.07.